The molecule has 0 saturated carbocycles. The SMILES string of the molecule is Cc1c(CCCO)nnn1CC(O)CO. The maximum Gasteiger partial charge on any atom is 0.0967 e. The van der Waals surface area contributed by atoms with Crippen LogP contribution in [0.15, 0.2) is 0 Å². The topological polar surface area (TPSA) is 91.4 Å². The highest BCUT2D eigenvalue weighted by Crippen LogP contribution is 2.06. The van der Waals surface area contributed by atoms with Gasteiger partial charge >= 0.3 is 0 Å². The van der Waals surface area contributed by atoms with Crippen molar-refractivity contribution in [2.75, 3.05) is 13.2 Å². The maximum absolute atomic E-state index is 9.24. The Morgan fingerprint density at radius 1 is 1.40 bits per heavy atom. The number of nitrogens with zero attached hydrogens (tertiary/aromatic N) is 3. The summed E-state index contributed by atoms with van der Waals surface area (Å²) < 4.78 is 1.56. The average molecular weight is 215 g/mol. The van der Waals surface area contributed by atoms with E-state index in [-0.39, 0.29) is 19.8 Å². The van der Waals surface area contributed by atoms with Crippen molar-refractivity contribution in [1.29, 1.82) is 0 Å². The molecule has 0 aliphatic rings. The molecule has 1 aromatic rings. The predicted octanol–water partition coefficient (Wildman–Crippen LogP) is -1.14. The largest absolute Gasteiger partial charge is 0.396 e. The summed E-state index contributed by atoms with van der Waals surface area (Å²) >= 11 is 0. The van der Waals surface area contributed by atoms with Gasteiger partial charge in [0.25, 0.3) is 0 Å². The van der Waals surface area contributed by atoms with Crippen LogP contribution in [0.1, 0.15) is 17.8 Å². The van der Waals surface area contributed by atoms with Crippen molar-refractivity contribution in [2.45, 2.75) is 32.4 Å². The highest BCUT2D eigenvalue weighted by Gasteiger charge is 2.11. The zero-order chi connectivity index (χ0) is 11.3. The lowest BCUT2D eigenvalue weighted by Crippen LogP contribution is -2.21. The molecule has 0 saturated heterocycles. The van der Waals surface area contributed by atoms with Crippen LogP contribution in [0.4, 0.5) is 0 Å². The Kier molecular flexibility index (Phi) is 4.67. The molecular weight excluding hydrogens is 198 g/mol. The molecule has 0 aliphatic heterocycles. The molecule has 0 aromatic carbocycles. The van der Waals surface area contributed by atoms with Gasteiger partial charge in [-0.25, -0.2) is 4.68 Å². The highest BCUT2D eigenvalue weighted by atomic mass is 16.3. The first-order chi connectivity index (χ1) is 7.19. The van der Waals surface area contributed by atoms with Crippen LogP contribution in [-0.4, -0.2) is 49.6 Å². The van der Waals surface area contributed by atoms with Gasteiger partial charge in [0.15, 0.2) is 0 Å². The van der Waals surface area contributed by atoms with E-state index in [4.69, 9.17) is 10.2 Å². The second-order valence-corrected chi connectivity index (χ2v) is 3.47. The van der Waals surface area contributed by atoms with E-state index < -0.39 is 6.10 Å². The van der Waals surface area contributed by atoms with Crippen LogP contribution < -0.4 is 0 Å². The summed E-state index contributed by atoms with van der Waals surface area (Å²) in [6.07, 6.45) is 0.524. The molecule has 1 aromatic heterocycles. The molecule has 0 fully saturated rings. The Morgan fingerprint density at radius 3 is 2.73 bits per heavy atom. The molecule has 3 N–H and O–H groups in total. The van der Waals surface area contributed by atoms with E-state index in [1.165, 1.54) is 0 Å². The Morgan fingerprint density at radius 2 is 2.13 bits per heavy atom. The number of aliphatic hydroxyl groups excluding tert-OH is 3. The van der Waals surface area contributed by atoms with E-state index in [1.807, 2.05) is 6.92 Å². The van der Waals surface area contributed by atoms with E-state index in [2.05, 4.69) is 10.3 Å². The van der Waals surface area contributed by atoms with Crippen molar-refractivity contribution in [1.82, 2.24) is 15.0 Å². The summed E-state index contributed by atoms with van der Waals surface area (Å²) in [7, 11) is 0. The number of aliphatic hydroxyl groups is 3. The Labute approximate surface area is 88.2 Å². The third-order valence-electron chi connectivity index (χ3n) is 2.24. The number of hydrogen-bond acceptors (Lipinski definition) is 5. The molecule has 1 rings (SSSR count). The van der Waals surface area contributed by atoms with E-state index in [0.29, 0.717) is 12.8 Å². The minimum absolute atomic E-state index is 0.131. The molecule has 0 amide bonds. The minimum Gasteiger partial charge on any atom is -0.396 e. The Balaban J connectivity index is 2.62. The molecule has 0 bridgehead atoms. The van der Waals surface area contributed by atoms with Gasteiger partial charge in [-0.05, 0) is 19.8 Å². The lowest BCUT2D eigenvalue weighted by atomic mass is 10.2. The number of aromatic nitrogens is 3. The fourth-order valence-corrected chi connectivity index (χ4v) is 1.30. The van der Waals surface area contributed by atoms with Crippen LogP contribution >= 0.6 is 0 Å². The number of aryl methyl sites for hydroxylation is 1. The summed E-state index contributed by atoms with van der Waals surface area (Å²) in [5.74, 6) is 0. The zero-order valence-corrected chi connectivity index (χ0v) is 8.80. The fourth-order valence-electron chi connectivity index (χ4n) is 1.30. The quantitative estimate of drug-likeness (QED) is 0.558. The van der Waals surface area contributed by atoms with Crippen molar-refractivity contribution in [3.63, 3.8) is 0 Å². The van der Waals surface area contributed by atoms with Gasteiger partial charge in [-0.2, -0.15) is 0 Å². The molecule has 0 radical (unpaired) electrons. The van der Waals surface area contributed by atoms with Crippen LogP contribution in [0, 0.1) is 6.92 Å². The molecule has 15 heavy (non-hydrogen) atoms. The van der Waals surface area contributed by atoms with E-state index >= 15 is 0 Å². The fraction of sp³-hybridized carbons (Fsp3) is 0.778. The van der Waals surface area contributed by atoms with Crippen molar-refractivity contribution < 1.29 is 15.3 Å². The van der Waals surface area contributed by atoms with Crippen LogP contribution in [0.5, 0.6) is 0 Å². The van der Waals surface area contributed by atoms with Gasteiger partial charge in [-0.1, -0.05) is 5.21 Å². The molecular formula is C9H17N3O3. The monoisotopic (exact) mass is 215 g/mol. The molecule has 1 heterocycles. The first-order valence-electron chi connectivity index (χ1n) is 4.97. The van der Waals surface area contributed by atoms with Gasteiger partial charge in [0, 0.05) is 6.61 Å². The maximum atomic E-state index is 9.24. The van der Waals surface area contributed by atoms with Crippen LogP contribution in [0.25, 0.3) is 0 Å². The molecule has 6 heteroatoms. The standard InChI is InChI=1S/C9H17N3O3/c1-7-9(3-2-4-13)10-11-12(7)5-8(15)6-14/h8,13-15H,2-6H2,1H3. The van der Waals surface area contributed by atoms with Gasteiger partial charge in [-0.15, -0.1) is 5.10 Å². The second-order valence-electron chi connectivity index (χ2n) is 3.47. The molecule has 1 atom stereocenters. The summed E-state index contributed by atoms with van der Waals surface area (Å²) in [6.45, 7) is 1.95. The summed E-state index contributed by atoms with van der Waals surface area (Å²) in [5.41, 5.74) is 1.70. The smallest absolute Gasteiger partial charge is 0.0967 e. The van der Waals surface area contributed by atoms with Crippen LogP contribution in [0.2, 0.25) is 0 Å². The number of hydrogen-bond donors (Lipinski definition) is 3. The van der Waals surface area contributed by atoms with Crippen molar-refractivity contribution in [2.24, 2.45) is 0 Å². The van der Waals surface area contributed by atoms with Gasteiger partial charge in [-0.3, -0.25) is 0 Å². The van der Waals surface area contributed by atoms with Gasteiger partial charge in [0.1, 0.15) is 0 Å². The average Bonchev–Trinajstić information content (AvgIpc) is 2.57. The first kappa shape index (κ1) is 12.1. The third kappa shape index (κ3) is 3.26. The lowest BCUT2D eigenvalue weighted by molar-refractivity contribution is 0.0772. The molecule has 0 spiro atoms. The lowest BCUT2D eigenvalue weighted by Gasteiger charge is -2.07. The van der Waals surface area contributed by atoms with E-state index in [0.717, 1.165) is 11.4 Å². The van der Waals surface area contributed by atoms with Crippen LogP contribution in [0.3, 0.4) is 0 Å². The Hall–Kier alpha value is -0.980. The third-order valence-corrected chi connectivity index (χ3v) is 2.24. The second kappa shape index (κ2) is 5.79. The molecule has 86 valence electrons. The first-order valence-corrected chi connectivity index (χ1v) is 4.97. The minimum atomic E-state index is -0.809. The zero-order valence-electron chi connectivity index (χ0n) is 8.80. The van der Waals surface area contributed by atoms with Crippen molar-refractivity contribution in [3.8, 4) is 0 Å². The van der Waals surface area contributed by atoms with Gasteiger partial charge in [0.05, 0.1) is 30.6 Å². The van der Waals surface area contributed by atoms with Gasteiger partial charge in [0.2, 0.25) is 0 Å². The normalized spacial score (nSPS) is 13.1. The highest BCUT2D eigenvalue weighted by molar-refractivity contribution is 5.07. The van der Waals surface area contributed by atoms with Crippen molar-refractivity contribution in [3.05, 3.63) is 11.4 Å². The van der Waals surface area contributed by atoms with Crippen molar-refractivity contribution >= 4 is 0 Å². The summed E-state index contributed by atoms with van der Waals surface area (Å²) in [4.78, 5) is 0. The molecule has 1 unspecified atom stereocenters. The Bertz CT molecular complexity index is 301. The number of rotatable bonds is 6. The summed E-state index contributed by atoms with van der Waals surface area (Å²) in [6, 6.07) is 0. The van der Waals surface area contributed by atoms with E-state index in [9.17, 15) is 5.11 Å². The predicted molar refractivity (Wildman–Crippen MR) is 53.3 cm³/mol. The summed E-state index contributed by atoms with van der Waals surface area (Å²) in [5, 5.41) is 34.4. The molecule has 0 aliphatic carbocycles. The molecule has 6 nitrogen and oxygen atoms in total. The van der Waals surface area contributed by atoms with E-state index in [1.54, 1.807) is 4.68 Å². The van der Waals surface area contributed by atoms with Crippen LogP contribution in [-0.2, 0) is 13.0 Å². The van der Waals surface area contributed by atoms with Gasteiger partial charge < -0.3 is 15.3 Å².